The minimum atomic E-state index is 0.574. The van der Waals surface area contributed by atoms with Crippen molar-refractivity contribution < 1.29 is 4.74 Å². The van der Waals surface area contributed by atoms with Gasteiger partial charge < -0.3 is 10.5 Å². The average molecular weight is 275 g/mol. The molecule has 0 saturated carbocycles. The molecule has 0 aliphatic carbocycles. The average Bonchev–Trinajstić information content (AvgIpc) is 2.57. The van der Waals surface area contributed by atoms with Gasteiger partial charge in [-0.2, -0.15) is 0 Å². The Labute approximate surface area is 124 Å². The maximum absolute atomic E-state index is 5.79. The second-order valence-corrected chi connectivity index (χ2v) is 4.84. The van der Waals surface area contributed by atoms with Crippen molar-refractivity contribution in [2.75, 3.05) is 0 Å². The smallest absolute Gasteiger partial charge is 0.127 e. The van der Waals surface area contributed by atoms with Gasteiger partial charge in [-0.3, -0.25) is 0 Å². The zero-order chi connectivity index (χ0) is 14.5. The maximum Gasteiger partial charge on any atom is 0.127 e. The van der Waals surface area contributed by atoms with Crippen LogP contribution in [0.3, 0.4) is 0 Å². The highest BCUT2D eigenvalue weighted by molar-refractivity contribution is 5.64. The van der Waals surface area contributed by atoms with E-state index in [0.717, 1.165) is 17.1 Å². The predicted octanol–water partition coefficient (Wildman–Crippen LogP) is 4.60. The van der Waals surface area contributed by atoms with Gasteiger partial charge in [0, 0.05) is 6.54 Å². The Bertz CT molecular complexity index is 688. The third-order valence-electron chi connectivity index (χ3n) is 3.36. The summed E-state index contributed by atoms with van der Waals surface area (Å²) in [6.45, 7) is 0.574. The van der Waals surface area contributed by atoms with Crippen molar-refractivity contribution >= 4 is 0 Å². The van der Waals surface area contributed by atoms with Gasteiger partial charge >= 0.3 is 0 Å². The van der Waals surface area contributed by atoms with Gasteiger partial charge in [-0.25, -0.2) is 0 Å². The first-order valence-electron chi connectivity index (χ1n) is 6.97. The van der Waals surface area contributed by atoms with Crippen molar-refractivity contribution in [1.82, 2.24) is 0 Å². The van der Waals surface area contributed by atoms with Crippen LogP contribution < -0.4 is 10.5 Å². The molecule has 21 heavy (non-hydrogen) atoms. The first-order chi connectivity index (χ1) is 10.3. The molecule has 0 aliphatic heterocycles. The Morgan fingerprint density at radius 3 is 1.71 bits per heavy atom. The second kappa shape index (κ2) is 6.25. The highest BCUT2D eigenvalue weighted by Gasteiger charge is 2.00. The summed E-state index contributed by atoms with van der Waals surface area (Å²) in [6.07, 6.45) is 0. The summed E-state index contributed by atoms with van der Waals surface area (Å²) in [5, 5.41) is 0. The Hall–Kier alpha value is -2.58. The number of ether oxygens (including phenoxy) is 1. The van der Waals surface area contributed by atoms with Crippen LogP contribution in [-0.4, -0.2) is 0 Å². The van der Waals surface area contributed by atoms with Crippen LogP contribution in [0, 0.1) is 0 Å². The normalized spacial score (nSPS) is 10.3. The molecule has 0 aliphatic rings. The summed E-state index contributed by atoms with van der Waals surface area (Å²) < 4.78 is 5.79. The molecular formula is C19H17NO. The molecule has 0 amide bonds. The molecule has 0 bridgehead atoms. The lowest BCUT2D eigenvalue weighted by Crippen LogP contribution is -1.95. The topological polar surface area (TPSA) is 35.2 Å². The van der Waals surface area contributed by atoms with Crippen molar-refractivity contribution in [2.24, 2.45) is 5.73 Å². The van der Waals surface area contributed by atoms with Crippen LogP contribution in [0.1, 0.15) is 5.56 Å². The molecule has 0 atom stereocenters. The zero-order valence-electron chi connectivity index (χ0n) is 11.7. The first-order valence-corrected chi connectivity index (χ1v) is 6.97. The van der Waals surface area contributed by atoms with Crippen molar-refractivity contribution in [3.63, 3.8) is 0 Å². The minimum Gasteiger partial charge on any atom is -0.457 e. The SMILES string of the molecule is NCc1ccc(-c2ccc(Oc3ccccc3)cc2)cc1. The van der Waals surface area contributed by atoms with Crippen molar-refractivity contribution in [2.45, 2.75) is 6.54 Å². The minimum absolute atomic E-state index is 0.574. The molecular weight excluding hydrogens is 258 g/mol. The van der Waals surface area contributed by atoms with E-state index in [9.17, 15) is 0 Å². The van der Waals surface area contributed by atoms with Gasteiger partial charge in [0.1, 0.15) is 11.5 Å². The van der Waals surface area contributed by atoms with Crippen LogP contribution in [0.15, 0.2) is 78.9 Å². The quantitative estimate of drug-likeness (QED) is 0.755. The van der Waals surface area contributed by atoms with Gasteiger partial charge in [0.15, 0.2) is 0 Å². The van der Waals surface area contributed by atoms with E-state index in [1.54, 1.807) is 0 Å². The number of hydrogen-bond acceptors (Lipinski definition) is 2. The van der Waals surface area contributed by atoms with Gasteiger partial charge in [0.2, 0.25) is 0 Å². The lowest BCUT2D eigenvalue weighted by atomic mass is 10.0. The Balaban J connectivity index is 1.77. The Kier molecular flexibility index (Phi) is 3.99. The molecule has 2 N–H and O–H groups in total. The van der Waals surface area contributed by atoms with Crippen LogP contribution in [0.4, 0.5) is 0 Å². The third kappa shape index (κ3) is 3.30. The number of rotatable bonds is 4. The molecule has 0 spiro atoms. The predicted molar refractivity (Wildman–Crippen MR) is 86.3 cm³/mol. The molecule has 3 rings (SSSR count). The van der Waals surface area contributed by atoms with E-state index in [-0.39, 0.29) is 0 Å². The van der Waals surface area contributed by atoms with Crippen LogP contribution >= 0.6 is 0 Å². The standard InChI is InChI=1S/C19H17NO/c20-14-15-6-8-16(9-7-15)17-10-12-19(13-11-17)21-18-4-2-1-3-5-18/h1-13H,14,20H2. The molecule has 0 radical (unpaired) electrons. The summed E-state index contributed by atoms with van der Waals surface area (Å²) >= 11 is 0. The zero-order valence-corrected chi connectivity index (χ0v) is 11.7. The summed E-state index contributed by atoms with van der Waals surface area (Å²) in [5.41, 5.74) is 9.10. The van der Waals surface area contributed by atoms with E-state index < -0.39 is 0 Å². The van der Waals surface area contributed by atoms with Crippen molar-refractivity contribution in [1.29, 1.82) is 0 Å². The molecule has 104 valence electrons. The Morgan fingerprint density at radius 1 is 0.619 bits per heavy atom. The summed E-state index contributed by atoms with van der Waals surface area (Å²) in [7, 11) is 0. The molecule has 0 unspecified atom stereocenters. The molecule has 2 nitrogen and oxygen atoms in total. The van der Waals surface area contributed by atoms with Crippen LogP contribution in [0.5, 0.6) is 11.5 Å². The van der Waals surface area contributed by atoms with Gasteiger partial charge in [-0.05, 0) is 41.0 Å². The van der Waals surface area contributed by atoms with Crippen LogP contribution in [0.2, 0.25) is 0 Å². The Morgan fingerprint density at radius 2 is 1.14 bits per heavy atom. The van der Waals surface area contributed by atoms with Crippen molar-refractivity contribution in [3.05, 3.63) is 84.4 Å². The molecule has 0 aromatic heterocycles. The van der Waals surface area contributed by atoms with Gasteiger partial charge in [0.05, 0.1) is 0 Å². The number of benzene rings is 3. The summed E-state index contributed by atoms with van der Waals surface area (Å²) in [6, 6.07) is 26.2. The van der Waals surface area contributed by atoms with E-state index in [0.29, 0.717) is 6.54 Å². The largest absolute Gasteiger partial charge is 0.457 e. The monoisotopic (exact) mass is 275 g/mol. The fourth-order valence-electron chi connectivity index (χ4n) is 2.17. The fourth-order valence-corrected chi connectivity index (χ4v) is 2.17. The van der Waals surface area contributed by atoms with E-state index in [4.69, 9.17) is 10.5 Å². The molecule has 0 fully saturated rings. The molecule has 2 heteroatoms. The van der Waals surface area contributed by atoms with Gasteiger partial charge in [-0.15, -0.1) is 0 Å². The number of hydrogen-bond donors (Lipinski definition) is 1. The van der Waals surface area contributed by atoms with Crippen LogP contribution in [-0.2, 0) is 6.54 Å². The fraction of sp³-hybridized carbons (Fsp3) is 0.0526. The molecule has 3 aromatic rings. The van der Waals surface area contributed by atoms with Gasteiger partial charge in [-0.1, -0.05) is 54.6 Å². The van der Waals surface area contributed by atoms with Gasteiger partial charge in [0.25, 0.3) is 0 Å². The van der Waals surface area contributed by atoms with Crippen LogP contribution in [0.25, 0.3) is 11.1 Å². The molecule has 0 heterocycles. The first kappa shape index (κ1) is 13.4. The molecule has 0 saturated heterocycles. The molecule has 3 aromatic carbocycles. The van der Waals surface area contributed by atoms with E-state index >= 15 is 0 Å². The van der Waals surface area contributed by atoms with E-state index in [2.05, 4.69) is 36.4 Å². The summed E-state index contributed by atoms with van der Waals surface area (Å²) in [5.74, 6) is 1.68. The lowest BCUT2D eigenvalue weighted by molar-refractivity contribution is 0.483. The number of nitrogens with two attached hydrogens (primary N) is 1. The second-order valence-electron chi connectivity index (χ2n) is 4.84. The highest BCUT2D eigenvalue weighted by atomic mass is 16.5. The highest BCUT2D eigenvalue weighted by Crippen LogP contribution is 2.25. The maximum atomic E-state index is 5.79. The number of para-hydroxylation sites is 1. The van der Waals surface area contributed by atoms with E-state index in [1.165, 1.54) is 11.1 Å². The van der Waals surface area contributed by atoms with E-state index in [1.807, 2.05) is 42.5 Å². The summed E-state index contributed by atoms with van der Waals surface area (Å²) in [4.78, 5) is 0. The van der Waals surface area contributed by atoms with Crippen molar-refractivity contribution in [3.8, 4) is 22.6 Å². The lowest BCUT2D eigenvalue weighted by Gasteiger charge is -2.07. The third-order valence-corrected chi connectivity index (χ3v) is 3.36.